The van der Waals surface area contributed by atoms with Crippen LogP contribution in [-0.2, 0) is 14.6 Å². The topological polar surface area (TPSA) is 78.5 Å². The molecule has 0 amide bonds. The molecule has 0 aromatic rings. The van der Waals surface area contributed by atoms with Crippen LogP contribution in [0.2, 0.25) is 0 Å². The van der Waals surface area contributed by atoms with E-state index in [1.165, 1.54) is 57.8 Å². The van der Waals surface area contributed by atoms with Gasteiger partial charge in [0.2, 0.25) is 10.4 Å². The van der Waals surface area contributed by atoms with Gasteiger partial charge in [-0.2, -0.15) is 0 Å². The molecule has 5 nitrogen and oxygen atoms in total. The van der Waals surface area contributed by atoms with Gasteiger partial charge in [-0.15, -0.1) is 0 Å². The maximum absolute atomic E-state index is 10.1. The fourth-order valence-electron chi connectivity index (χ4n) is 2.08. The first-order valence-corrected chi connectivity index (χ1v) is 9.20. The van der Waals surface area contributed by atoms with Gasteiger partial charge in [0.25, 0.3) is 0 Å². The van der Waals surface area contributed by atoms with Crippen LogP contribution in [0.25, 0.3) is 0 Å². The molecule has 0 heterocycles. The number of hydrogen-bond acceptors (Lipinski definition) is 5. The van der Waals surface area contributed by atoms with Gasteiger partial charge in [0.05, 0.1) is 6.61 Å². The van der Waals surface area contributed by atoms with Crippen molar-refractivity contribution in [2.24, 2.45) is 0 Å². The second-order valence-electron chi connectivity index (χ2n) is 5.16. The van der Waals surface area contributed by atoms with E-state index < -0.39 is 10.4 Å². The summed E-state index contributed by atoms with van der Waals surface area (Å²) >= 11 is 0. The summed E-state index contributed by atoms with van der Waals surface area (Å²) in [6.45, 7) is 3.40. The summed E-state index contributed by atoms with van der Waals surface area (Å²) in [4.78, 5) is 0. The Balaban J connectivity index is 3.03. The van der Waals surface area contributed by atoms with Gasteiger partial charge in [-0.25, -0.2) is 8.42 Å². The van der Waals surface area contributed by atoms with E-state index in [0.29, 0.717) is 6.54 Å². The van der Waals surface area contributed by atoms with Gasteiger partial charge >= 0.3 is 0 Å². The first-order chi connectivity index (χ1) is 9.56. The van der Waals surface area contributed by atoms with Crippen LogP contribution < -0.4 is 5.32 Å². The Morgan fingerprint density at radius 2 is 1.35 bits per heavy atom. The molecule has 0 aliphatic carbocycles. The van der Waals surface area contributed by atoms with Gasteiger partial charge in [0.15, 0.2) is 0 Å². The predicted octanol–water partition coefficient (Wildman–Crippen LogP) is 2.97. The van der Waals surface area contributed by atoms with Crippen molar-refractivity contribution in [3.05, 3.63) is 0 Å². The van der Waals surface area contributed by atoms with Crippen molar-refractivity contribution in [1.29, 1.82) is 0 Å². The molecule has 0 spiro atoms. The summed E-state index contributed by atoms with van der Waals surface area (Å²) in [5.74, 6) is 0. The van der Waals surface area contributed by atoms with Gasteiger partial charge in [-0.05, 0) is 13.0 Å². The lowest BCUT2D eigenvalue weighted by atomic mass is 10.1. The van der Waals surface area contributed by atoms with Crippen molar-refractivity contribution in [1.82, 2.24) is 5.32 Å². The minimum Gasteiger partial charge on any atom is -0.726 e. The molecule has 0 saturated carbocycles. The van der Waals surface area contributed by atoms with Crippen LogP contribution in [0.5, 0.6) is 0 Å². The van der Waals surface area contributed by atoms with Crippen LogP contribution in [0.1, 0.15) is 71.1 Å². The standard InChI is InChI=1S/C14H31NO4S/c1-2-3-4-5-6-7-8-9-10-11-12-15-13-14-19-20(16,17)18/h15H,2-14H2,1H3,(H,16,17,18)/p-1. The molecule has 0 unspecified atom stereocenters. The predicted molar refractivity (Wildman–Crippen MR) is 80.4 cm³/mol. The first-order valence-electron chi connectivity index (χ1n) is 7.87. The van der Waals surface area contributed by atoms with Crippen LogP contribution in [0.3, 0.4) is 0 Å². The van der Waals surface area contributed by atoms with Crippen molar-refractivity contribution in [3.63, 3.8) is 0 Å². The van der Waals surface area contributed by atoms with Gasteiger partial charge in [0.1, 0.15) is 0 Å². The van der Waals surface area contributed by atoms with Crippen LogP contribution in [0.4, 0.5) is 0 Å². The number of rotatable bonds is 15. The lowest BCUT2D eigenvalue weighted by Crippen LogP contribution is -2.22. The zero-order valence-corrected chi connectivity index (χ0v) is 13.6. The Hall–Kier alpha value is -0.170. The summed E-state index contributed by atoms with van der Waals surface area (Å²) < 4.78 is 34.5. The van der Waals surface area contributed by atoms with Crippen LogP contribution >= 0.6 is 0 Å². The zero-order chi connectivity index (χ0) is 15.1. The minimum atomic E-state index is -4.53. The maximum Gasteiger partial charge on any atom is 0.217 e. The number of hydrogen-bond donors (Lipinski definition) is 1. The summed E-state index contributed by atoms with van der Waals surface area (Å²) in [6.07, 6.45) is 13.0. The molecule has 122 valence electrons. The molecule has 1 N–H and O–H groups in total. The molecular weight excluding hydrogens is 278 g/mol. The third kappa shape index (κ3) is 17.8. The van der Waals surface area contributed by atoms with E-state index in [2.05, 4.69) is 16.4 Å². The zero-order valence-electron chi connectivity index (χ0n) is 12.7. The molecule has 0 aromatic carbocycles. The van der Waals surface area contributed by atoms with E-state index in [0.717, 1.165) is 13.0 Å². The normalized spacial score (nSPS) is 11.9. The van der Waals surface area contributed by atoms with Gasteiger partial charge in [0, 0.05) is 6.54 Å². The highest BCUT2D eigenvalue weighted by Crippen LogP contribution is 2.10. The van der Waals surface area contributed by atoms with E-state index in [9.17, 15) is 13.0 Å². The highest BCUT2D eigenvalue weighted by atomic mass is 32.3. The molecule has 0 aliphatic rings. The average molecular weight is 308 g/mol. The van der Waals surface area contributed by atoms with Crippen LogP contribution in [-0.4, -0.2) is 32.7 Å². The smallest absolute Gasteiger partial charge is 0.217 e. The maximum atomic E-state index is 10.1. The number of unbranched alkanes of at least 4 members (excludes halogenated alkanes) is 9. The molecule has 0 aliphatic heterocycles. The largest absolute Gasteiger partial charge is 0.726 e. The molecule has 0 saturated heterocycles. The highest BCUT2D eigenvalue weighted by Gasteiger charge is 1.95. The molecule has 6 heteroatoms. The van der Waals surface area contributed by atoms with E-state index in [-0.39, 0.29) is 6.61 Å². The Labute approximate surface area is 124 Å². The Kier molecular flexibility index (Phi) is 13.7. The molecular formula is C14H30NO4S-. The van der Waals surface area contributed by atoms with E-state index >= 15 is 0 Å². The van der Waals surface area contributed by atoms with Crippen LogP contribution in [0, 0.1) is 0 Å². The lowest BCUT2D eigenvalue weighted by molar-refractivity contribution is 0.261. The van der Waals surface area contributed by atoms with Crippen molar-refractivity contribution in [2.75, 3.05) is 19.7 Å². The third-order valence-electron chi connectivity index (χ3n) is 3.21. The lowest BCUT2D eigenvalue weighted by Gasteiger charge is -2.08. The molecule has 0 bridgehead atoms. The van der Waals surface area contributed by atoms with Gasteiger partial charge in [-0.1, -0.05) is 64.7 Å². The SMILES string of the molecule is CCCCCCCCCCCCNCCOS(=O)(=O)[O-]. The third-order valence-corrected chi connectivity index (χ3v) is 3.67. The molecule has 0 atom stereocenters. The molecule has 20 heavy (non-hydrogen) atoms. The first kappa shape index (κ1) is 19.8. The fourth-order valence-corrected chi connectivity index (χ4v) is 2.37. The monoisotopic (exact) mass is 308 g/mol. The second kappa shape index (κ2) is 13.8. The molecule has 0 aromatic heterocycles. The van der Waals surface area contributed by atoms with Crippen molar-refractivity contribution >= 4 is 10.4 Å². The Morgan fingerprint density at radius 1 is 0.850 bits per heavy atom. The summed E-state index contributed by atoms with van der Waals surface area (Å²) in [7, 11) is -4.53. The van der Waals surface area contributed by atoms with Crippen LogP contribution in [0.15, 0.2) is 0 Å². The van der Waals surface area contributed by atoms with E-state index in [4.69, 9.17) is 0 Å². The summed E-state index contributed by atoms with van der Waals surface area (Å²) in [5.41, 5.74) is 0. The van der Waals surface area contributed by atoms with Crippen molar-refractivity contribution in [2.45, 2.75) is 71.1 Å². The molecule has 0 fully saturated rings. The highest BCUT2D eigenvalue weighted by molar-refractivity contribution is 7.80. The van der Waals surface area contributed by atoms with Crippen molar-refractivity contribution in [3.8, 4) is 0 Å². The number of nitrogens with one attached hydrogen (secondary N) is 1. The summed E-state index contributed by atoms with van der Waals surface area (Å²) in [5, 5.41) is 3.05. The Bertz CT molecular complexity index is 294. The summed E-state index contributed by atoms with van der Waals surface area (Å²) in [6, 6.07) is 0. The molecule has 0 radical (unpaired) electrons. The molecule has 0 rings (SSSR count). The fraction of sp³-hybridized carbons (Fsp3) is 1.00. The quantitative estimate of drug-likeness (QED) is 0.286. The van der Waals surface area contributed by atoms with Gasteiger partial charge in [-0.3, -0.25) is 4.18 Å². The average Bonchev–Trinajstić information content (AvgIpc) is 2.38. The van der Waals surface area contributed by atoms with Crippen molar-refractivity contribution < 1.29 is 17.2 Å². The van der Waals surface area contributed by atoms with E-state index in [1.807, 2.05) is 0 Å². The van der Waals surface area contributed by atoms with E-state index in [1.54, 1.807) is 0 Å². The Morgan fingerprint density at radius 3 is 1.85 bits per heavy atom. The minimum absolute atomic E-state index is 0.0798. The van der Waals surface area contributed by atoms with Gasteiger partial charge < -0.3 is 9.87 Å². The second-order valence-corrected chi connectivity index (χ2v) is 6.21.